The van der Waals surface area contributed by atoms with Gasteiger partial charge < -0.3 is 4.74 Å². The molecule has 3 rings (SSSR count). The van der Waals surface area contributed by atoms with Gasteiger partial charge in [-0.3, -0.25) is 14.9 Å². The molecular weight excluding hydrogens is 342 g/mol. The molecule has 0 aliphatic carbocycles. The van der Waals surface area contributed by atoms with E-state index in [1.807, 2.05) is 62.4 Å². The molecule has 0 amide bonds. The van der Waals surface area contributed by atoms with Crippen LogP contribution >= 0.6 is 0 Å². The molecule has 0 saturated carbocycles. The Hall–Kier alpha value is -3.47. The highest BCUT2D eigenvalue weighted by molar-refractivity contribution is 5.85. The van der Waals surface area contributed by atoms with Gasteiger partial charge in [0.1, 0.15) is 5.92 Å². The number of carbonyl (C=O) groups excluding carboxylic acids is 1. The maximum absolute atomic E-state index is 13.0. The summed E-state index contributed by atoms with van der Waals surface area (Å²) in [5.41, 5.74) is 3.41. The zero-order valence-electron chi connectivity index (χ0n) is 15.1. The normalized spacial score (nSPS) is 11.6. The monoisotopic (exact) mass is 361 g/mol. The van der Waals surface area contributed by atoms with Crippen molar-refractivity contribution in [2.24, 2.45) is 0 Å². The molecule has 0 aromatic heterocycles. The first kappa shape index (κ1) is 18.3. The van der Waals surface area contributed by atoms with Gasteiger partial charge in [-0.15, -0.1) is 0 Å². The van der Waals surface area contributed by atoms with Crippen LogP contribution in [0.2, 0.25) is 0 Å². The van der Waals surface area contributed by atoms with E-state index in [1.165, 1.54) is 18.2 Å². The molecule has 0 heterocycles. The molecular formula is C22H19NO4. The van der Waals surface area contributed by atoms with Gasteiger partial charge in [0.15, 0.2) is 0 Å². The minimum absolute atomic E-state index is 0.0581. The second-order valence-electron chi connectivity index (χ2n) is 6.40. The number of nitro benzene ring substituents is 1. The van der Waals surface area contributed by atoms with Gasteiger partial charge in [0.2, 0.25) is 5.75 Å². The Kier molecular flexibility index (Phi) is 5.31. The van der Waals surface area contributed by atoms with Gasteiger partial charge in [-0.1, -0.05) is 71.8 Å². The van der Waals surface area contributed by atoms with Crippen LogP contribution in [0.4, 0.5) is 5.69 Å². The standard InChI is InChI=1S/C22H19NO4/c1-15-10-12-17(13-11-15)21(18-7-5-6-16(2)14-18)22(24)27-20-9-4-3-8-19(20)23(25)26/h3-14,21H,1-2H3. The number of para-hydroxylation sites is 2. The van der Waals surface area contributed by atoms with E-state index in [9.17, 15) is 14.9 Å². The van der Waals surface area contributed by atoms with Crippen LogP contribution in [0.15, 0.2) is 72.8 Å². The Bertz CT molecular complexity index is 980. The van der Waals surface area contributed by atoms with Gasteiger partial charge in [0, 0.05) is 6.07 Å². The fourth-order valence-electron chi connectivity index (χ4n) is 2.93. The quantitative estimate of drug-likeness (QED) is 0.279. The zero-order chi connectivity index (χ0) is 19.4. The van der Waals surface area contributed by atoms with Crippen molar-refractivity contribution in [3.8, 4) is 5.75 Å². The van der Waals surface area contributed by atoms with Crippen LogP contribution in [-0.4, -0.2) is 10.9 Å². The van der Waals surface area contributed by atoms with Crippen molar-refractivity contribution in [1.82, 2.24) is 0 Å². The molecule has 5 nitrogen and oxygen atoms in total. The summed E-state index contributed by atoms with van der Waals surface area (Å²) in [6, 6.07) is 21.1. The van der Waals surface area contributed by atoms with E-state index in [2.05, 4.69) is 0 Å². The molecule has 3 aromatic carbocycles. The van der Waals surface area contributed by atoms with Crippen molar-refractivity contribution in [2.75, 3.05) is 0 Å². The van der Waals surface area contributed by atoms with Crippen LogP contribution in [0.25, 0.3) is 0 Å². The van der Waals surface area contributed by atoms with Crippen LogP contribution in [-0.2, 0) is 4.79 Å². The summed E-state index contributed by atoms with van der Waals surface area (Å²) in [7, 11) is 0. The van der Waals surface area contributed by atoms with Gasteiger partial charge >= 0.3 is 11.7 Å². The maximum Gasteiger partial charge on any atom is 0.323 e. The number of nitro groups is 1. The molecule has 27 heavy (non-hydrogen) atoms. The summed E-state index contributed by atoms with van der Waals surface area (Å²) < 4.78 is 5.47. The van der Waals surface area contributed by atoms with Crippen molar-refractivity contribution >= 4 is 11.7 Å². The van der Waals surface area contributed by atoms with E-state index in [0.717, 1.165) is 22.3 Å². The second-order valence-corrected chi connectivity index (χ2v) is 6.40. The molecule has 1 unspecified atom stereocenters. The SMILES string of the molecule is Cc1ccc(C(C(=O)Oc2ccccc2[N+](=O)[O-])c2cccc(C)c2)cc1. The van der Waals surface area contributed by atoms with Crippen LogP contribution in [0.5, 0.6) is 5.75 Å². The van der Waals surface area contributed by atoms with E-state index in [1.54, 1.807) is 6.07 Å². The first-order chi connectivity index (χ1) is 13.0. The molecule has 0 fully saturated rings. The molecule has 0 bridgehead atoms. The smallest absolute Gasteiger partial charge is 0.323 e. The lowest BCUT2D eigenvalue weighted by Crippen LogP contribution is -2.20. The van der Waals surface area contributed by atoms with Crippen molar-refractivity contribution in [3.05, 3.63) is 105 Å². The minimum Gasteiger partial charge on any atom is -0.418 e. The summed E-state index contributed by atoms with van der Waals surface area (Å²) in [5.74, 6) is -1.29. The number of benzene rings is 3. The number of aryl methyl sites for hydroxylation is 2. The molecule has 0 aliphatic heterocycles. The minimum atomic E-state index is -0.676. The number of rotatable bonds is 5. The number of hydrogen-bond acceptors (Lipinski definition) is 4. The predicted molar refractivity (Wildman–Crippen MR) is 103 cm³/mol. The molecule has 3 aromatic rings. The Labute approximate surface area is 157 Å². The van der Waals surface area contributed by atoms with Crippen LogP contribution in [0.3, 0.4) is 0 Å². The Morgan fingerprint density at radius 1 is 0.889 bits per heavy atom. The van der Waals surface area contributed by atoms with Crippen molar-refractivity contribution in [1.29, 1.82) is 0 Å². The fraction of sp³-hybridized carbons (Fsp3) is 0.136. The van der Waals surface area contributed by atoms with Crippen LogP contribution in [0.1, 0.15) is 28.2 Å². The Balaban J connectivity index is 2.01. The highest BCUT2D eigenvalue weighted by Crippen LogP contribution is 2.31. The molecule has 136 valence electrons. The fourth-order valence-corrected chi connectivity index (χ4v) is 2.93. The first-order valence-corrected chi connectivity index (χ1v) is 8.54. The molecule has 0 radical (unpaired) electrons. The summed E-state index contributed by atoms with van der Waals surface area (Å²) in [6.45, 7) is 3.92. The molecule has 0 aliphatic rings. The highest BCUT2D eigenvalue weighted by atomic mass is 16.6. The molecule has 5 heteroatoms. The molecule has 1 atom stereocenters. The molecule has 0 N–H and O–H groups in total. The van der Waals surface area contributed by atoms with Crippen LogP contribution < -0.4 is 4.74 Å². The lowest BCUT2D eigenvalue weighted by molar-refractivity contribution is -0.385. The van der Waals surface area contributed by atoms with Crippen molar-refractivity contribution < 1.29 is 14.5 Å². The molecule has 0 spiro atoms. The largest absolute Gasteiger partial charge is 0.418 e. The number of hydrogen-bond donors (Lipinski definition) is 0. The second kappa shape index (κ2) is 7.83. The lowest BCUT2D eigenvalue weighted by Gasteiger charge is -2.17. The van der Waals surface area contributed by atoms with E-state index >= 15 is 0 Å². The lowest BCUT2D eigenvalue weighted by atomic mass is 9.90. The Morgan fingerprint density at radius 3 is 2.26 bits per heavy atom. The number of nitrogens with zero attached hydrogens (tertiary/aromatic N) is 1. The number of esters is 1. The van der Waals surface area contributed by atoms with Gasteiger partial charge in [0.05, 0.1) is 4.92 Å². The summed E-state index contributed by atoms with van der Waals surface area (Å²) in [6.07, 6.45) is 0. The number of carbonyl (C=O) groups is 1. The summed E-state index contributed by atoms with van der Waals surface area (Å²) in [5, 5.41) is 11.2. The third-order valence-corrected chi connectivity index (χ3v) is 4.29. The maximum atomic E-state index is 13.0. The van der Waals surface area contributed by atoms with Gasteiger partial charge in [-0.25, -0.2) is 0 Å². The van der Waals surface area contributed by atoms with E-state index in [4.69, 9.17) is 4.74 Å². The average molecular weight is 361 g/mol. The third kappa shape index (κ3) is 4.20. The van der Waals surface area contributed by atoms with Gasteiger partial charge in [0.25, 0.3) is 0 Å². The first-order valence-electron chi connectivity index (χ1n) is 8.54. The topological polar surface area (TPSA) is 69.4 Å². The highest BCUT2D eigenvalue weighted by Gasteiger charge is 2.27. The zero-order valence-corrected chi connectivity index (χ0v) is 15.1. The van der Waals surface area contributed by atoms with Gasteiger partial charge in [-0.05, 0) is 31.0 Å². The average Bonchev–Trinajstić information content (AvgIpc) is 2.64. The Morgan fingerprint density at radius 2 is 1.59 bits per heavy atom. The molecule has 0 saturated heterocycles. The van der Waals surface area contributed by atoms with Gasteiger partial charge in [-0.2, -0.15) is 0 Å². The number of ether oxygens (including phenoxy) is 1. The summed E-state index contributed by atoms with van der Waals surface area (Å²) >= 11 is 0. The van der Waals surface area contributed by atoms with Crippen molar-refractivity contribution in [3.63, 3.8) is 0 Å². The summed E-state index contributed by atoms with van der Waals surface area (Å²) in [4.78, 5) is 23.7. The predicted octanol–water partition coefficient (Wildman–Crippen LogP) is 4.95. The third-order valence-electron chi connectivity index (χ3n) is 4.29. The van der Waals surface area contributed by atoms with E-state index < -0.39 is 16.8 Å². The van der Waals surface area contributed by atoms with E-state index in [0.29, 0.717) is 0 Å². The van der Waals surface area contributed by atoms with E-state index in [-0.39, 0.29) is 11.4 Å². The van der Waals surface area contributed by atoms with Crippen LogP contribution in [0, 0.1) is 24.0 Å². The van der Waals surface area contributed by atoms with Crippen molar-refractivity contribution in [2.45, 2.75) is 19.8 Å².